The molecular weight excluding hydrogens is 272 g/mol. The third-order valence-electron chi connectivity index (χ3n) is 3.73. The molecule has 1 aromatic heterocycles. The number of hydrogen-bond donors (Lipinski definition) is 1. The van der Waals surface area contributed by atoms with Crippen LogP contribution in [-0.4, -0.2) is 43.3 Å². The molecule has 2 atom stereocenters. The Bertz CT molecular complexity index is 408. The van der Waals surface area contributed by atoms with Gasteiger partial charge in [0.25, 0.3) is 0 Å². The molecule has 0 radical (unpaired) electrons. The molecule has 0 aromatic carbocycles. The van der Waals surface area contributed by atoms with Crippen LogP contribution in [-0.2, 0) is 11.2 Å². The molecule has 0 saturated carbocycles. The van der Waals surface area contributed by atoms with E-state index in [1.165, 1.54) is 4.88 Å². The first-order valence-electron chi connectivity index (χ1n) is 7.39. The van der Waals surface area contributed by atoms with Gasteiger partial charge < -0.3 is 15.0 Å². The average molecular weight is 296 g/mol. The lowest BCUT2D eigenvalue weighted by atomic mass is 9.91. The highest BCUT2D eigenvalue weighted by Gasteiger charge is 2.28. The molecule has 4 nitrogen and oxygen atoms in total. The molecule has 0 bridgehead atoms. The van der Waals surface area contributed by atoms with Crippen molar-refractivity contribution in [1.82, 2.24) is 10.2 Å². The van der Waals surface area contributed by atoms with Crippen LogP contribution < -0.4 is 5.32 Å². The van der Waals surface area contributed by atoms with Gasteiger partial charge in [0.1, 0.15) is 0 Å². The number of rotatable bonds is 5. The van der Waals surface area contributed by atoms with Gasteiger partial charge in [-0.25, -0.2) is 4.79 Å². The molecule has 5 heteroatoms. The van der Waals surface area contributed by atoms with Gasteiger partial charge in [-0.3, -0.25) is 0 Å². The van der Waals surface area contributed by atoms with Crippen molar-refractivity contribution >= 4 is 17.4 Å². The number of likely N-dealkylation sites (N-methyl/N-ethyl adjacent to an activating group) is 1. The molecule has 1 saturated heterocycles. The van der Waals surface area contributed by atoms with Crippen LogP contribution in [0.15, 0.2) is 17.5 Å². The van der Waals surface area contributed by atoms with E-state index in [0.29, 0.717) is 12.5 Å². The summed E-state index contributed by atoms with van der Waals surface area (Å²) in [5.74, 6) is 0.606. The van der Waals surface area contributed by atoms with Crippen molar-refractivity contribution in [2.45, 2.75) is 32.7 Å². The molecule has 2 rings (SSSR count). The van der Waals surface area contributed by atoms with Crippen molar-refractivity contribution in [2.24, 2.45) is 5.92 Å². The number of carbonyl (C=O) groups excluding carboxylic acids is 1. The van der Waals surface area contributed by atoms with Crippen LogP contribution in [0.1, 0.15) is 25.1 Å². The number of carbonyl (C=O) groups is 1. The standard InChI is InChI=1S/C15H24N2O2S/c1-3-17-10-12(9-14-6-5-7-20-14)8-13(11-17)16-15(18)19-4-2/h5-7,12-13H,3-4,8-11H2,1-2H3,(H,16,18). The van der Waals surface area contributed by atoms with E-state index in [4.69, 9.17) is 4.74 Å². The molecule has 0 aliphatic carbocycles. The molecule has 1 amide bonds. The van der Waals surface area contributed by atoms with E-state index in [0.717, 1.165) is 32.5 Å². The minimum absolute atomic E-state index is 0.202. The van der Waals surface area contributed by atoms with Gasteiger partial charge in [-0.05, 0) is 43.7 Å². The lowest BCUT2D eigenvalue weighted by Gasteiger charge is -2.37. The van der Waals surface area contributed by atoms with Crippen LogP contribution in [0.5, 0.6) is 0 Å². The number of amides is 1. The quantitative estimate of drug-likeness (QED) is 0.908. The van der Waals surface area contributed by atoms with E-state index in [-0.39, 0.29) is 12.1 Å². The highest BCUT2D eigenvalue weighted by molar-refractivity contribution is 7.09. The smallest absolute Gasteiger partial charge is 0.407 e. The number of ether oxygens (including phenoxy) is 1. The summed E-state index contributed by atoms with van der Waals surface area (Å²) in [6.45, 7) is 7.51. The summed E-state index contributed by atoms with van der Waals surface area (Å²) in [6, 6.07) is 4.51. The molecule has 1 aliphatic rings. The molecule has 2 heterocycles. The van der Waals surface area contributed by atoms with Crippen LogP contribution in [0.4, 0.5) is 4.79 Å². The summed E-state index contributed by atoms with van der Waals surface area (Å²) < 4.78 is 4.99. The molecule has 1 aromatic rings. The van der Waals surface area contributed by atoms with Crippen LogP contribution in [0.2, 0.25) is 0 Å². The zero-order valence-electron chi connectivity index (χ0n) is 12.3. The van der Waals surface area contributed by atoms with E-state index in [1.54, 1.807) is 0 Å². The number of nitrogens with one attached hydrogen (secondary N) is 1. The first-order chi connectivity index (χ1) is 9.71. The highest BCUT2D eigenvalue weighted by Crippen LogP contribution is 2.23. The third kappa shape index (κ3) is 4.49. The second-order valence-corrected chi connectivity index (χ2v) is 6.33. The first-order valence-corrected chi connectivity index (χ1v) is 8.27. The molecular formula is C15H24N2O2S. The van der Waals surface area contributed by atoms with Crippen molar-refractivity contribution in [3.63, 3.8) is 0 Å². The van der Waals surface area contributed by atoms with Crippen molar-refractivity contribution < 1.29 is 9.53 Å². The van der Waals surface area contributed by atoms with Crippen LogP contribution in [0.25, 0.3) is 0 Å². The Labute approximate surface area is 125 Å². The molecule has 1 N–H and O–H groups in total. The fourth-order valence-corrected chi connectivity index (χ4v) is 3.69. The Morgan fingerprint density at radius 1 is 1.50 bits per heavy atom. The van der Waals surface area contributed by atoms with E-state index < -0.39 is 0 Å². The minimum Gasteiger partial charge on any atom is -0.450 e. The SMILES string of the molecule is CCOC(=O)NC1CC(Cc2cccs2)CN(CC)C1. The maximum atomic E-state index is 11.6. The summed E-state index contributed by atoms with van der Waals surface area (Å²) in [5.41, 5.74) is 0. The number of hydrogen-bond acceptors (Lipinski definition) is 4. The fourth-order valence-electron chi connectivity index (χ4n) is 2.87. The average Bonchev–Trinajstić information content (AvgIpc) is 2.91. The second-order valence-electron chi connectivity index (χ2n) is 5.30. The predicted octanol–water partition coefficient (Wildman–Crippen LogP) is 2.75. The molecule has 2 unspecified atom stereocenters. The van der Waals surface area contributed by atoms with Crippen LogP contribution >= 0.6 is 11.3 Å². The number of likely N-dealkylation sites (tertiary alicyclic amines) is 1. The van der Waals surface area contributed by atoms with E-state index >= 15 is 0 Å². The van der Waals surface area contributed by atoms with Gasteiger partial charge in [-0.1, -0.05) is 13.0 Å². The largest absolute Gasteiger partial charge is 0.450 e. The van der Waals surface area contributed by atoms with Crippen LogP contribution in [0.3, 0.4) is 0 Å². The number of piperidine rings is 1. The second kappa shape index (κ2) is 7.64. The molecule has 1 fully saturated rings. The Morgan fingerprint density at radius 2 is 2.35 bits per heavy atom. The maximum Gasteiger partial charge on any atom is 0.407 e. The number of alkyl carbamates (subject to hydrolysis) is 1. The summed E-state index contributed by atoms with van der Waals surface area (Å²) >= 11 is 1.82. The molecule has 1 aliphatic heterocycles. The summed E-state index contributed by atoms with van der Waals surface area (Å²) in [7, 11) is 0. The summed E-state index contributed by atoms with van der Waals surface area (Å²) in [5, 5.41) is 5.12. The van der Waals surface area contributed by atoms with E-state index in [9.17, 15) is 4.79 Å². The monoisotopic (exact) mass is 296 g/mol. The van der Waals surface area contributed by atoms with Crippen LogP contribution in [0, 0.1) is 5.92 Å². The highest BCUT2D eigenvalue weighted by atomic mass is 32.1. The summed E-state index contributed by atoms with van der Waals surface area (Å²) in [6.07, 6.45) is 1.85. The van der Waals surface area contributed by atoms with Gasteiger partial charge in [0, 0.05) is 24.0 Å². The Balaban J connectivity index is 1.90. The molecule has 112 valence electrons. The minimum atomic E-state index is -0.287. The van der Waals surface area contributed by atoms with E-state index in [1.807, 2.05) is 18.3 Å². The van der Waals surface area contributed by atoms with Gasteiger partial charge in [-0.2, -0.15) is 0 Å². The topological polar surface area (TPSA) is 41.6 Å². The predicted molar refractivity (Wildman–Crippen MR) is 82.2 cm³/mol. The first kappa shape index (κ1) is 15.3. The Hall–Kier alpha value is -1.07. The van der Waals surface area contributed by atoms with Gasteiger partial charge in [0.15, 0.2) is 0 Å². The van der Waals surface area contributed by atoms with Crippen molar-refractivity contribution in [3.8, 4) is 0 Å². The zero-order chi connectivity index (χ0) is 14.4. The fraction of sp³-hybridized carbons (Fsp3) is 0.667. The number of nitrogens with zero attached hydrogens (tertiary/aromatic N) is 1. The lowest BCUT2D eigenvalue weighted by Crippen LogP contribution is -2.51. The lowest BCUT2D eigenvalue weighted by molar-refractivity contribution is 0.120. The van der Waals surface area contributed by atoms with Crippen molar-refractivity contribution in [3.05, 3.63) is 22.4 Å². The maximum absolute atomic E-state index is 11.6. The Morgan fingerprint density at radius 3 is 3.00 bits per heavy atom. The van der Waals surface area contributed by atoms with Crippen molar-refractivity contribution in [1.29, 1.82) is 0 Å². The molecule has 0 spiro atoms. The van der Waals surface area contributed by atoms with Gasteiger partial charge in [0.2, 0.25) is 0 Å². The zero-order valence-corrected chi connectivity index (χ0v) is 13.1. The number of thiophene rings is 1. The van der Waals surface area contributed by atoms with E-state index in [2.05, 4.69) is 34.7 Å². The normalized spacial score (nSPS) is 23.5. The van der Waals surface area contributed by atoms with Gasteiger partial charge in [-0.15, -0.1) is 11.3 Å². The van der Waals surface area contributed by atoms with Gasteiger partial charge >= 0.3 is 6.09 Å². The summed E-state index contributed by atoms with van der Waals surface area (Å²) in [4.78, 5) is 15.4. The third-order valence-corrected chi connectivity index (χ3v) is 4.63. The van der Waals surface area contributed by atoms with Gasteiger partial charge in [0.05, 0.1) is 6.61 Å². The van der Waals surface area contributed by atoms with Crippen molar-refractivity contribution in [2.75, 3.05) is 26.2 Å². The Kier molecular flexibility index (Phi) is 5.86. The molecule has 20 heavy (non-hydrogen) atoms.